The van der Waals surface area contributed by atoms with E-state index in [2.05, 4.69) is 5.32 Å². The van der Waals surface area contributed by atoms with Crippen molar-refractivity contribution >= 4 is 12.0 Å². The maximum Gasteiger partial charge on any atom is 0.335 e. The minimum atomic E-state index is -0.962. The Kier molecular flexibility index (Phi) is 6.06. The zero-order valence-electron chi connectivity index (χ0n) is 12.6. The van der Waals surface area contributed by atoms with Crippen LogP contribution in [-0.4, -0.2) is 48.2 Å². The van der Waals surface area contributed by atoms with Gasteiger partial charge in [-0.05, 0) is 37.1 Å². The Morgan fingerprint density at radius 1 is 1.09 bits per heavy atom. The maximum atomic E-state index is 12.0. The van der Waals surface area contributed by atoms with Gasteiger partial charge in [-0.25, -0.2) is 9.59 Å². The van der Waals surface area contributed by atoms with Crippen LogP contribution >= 0.6 is 0 Å². The number of hydrogen-bond acceptors (Lipinski definition) is 3. The van der Waals surface area contributed by atoms with Gasteiger partial charge < -0.3 is 20.1 Å². The van der Waals surface area contributed by atoms with Crippen molar-refractivity contribution in [2.75, 3.05) is 26.2 Å². The van der Waals surface area contributed by atoms with Crippen molar-refractivity contribution < 1.29 is 19.4 Å². The molecular formula is C16H22N2O4. The minimum absolute atomic E-state index is 0.0354. The molecule has 2 rings (SSSR count). The van der Waals surface area contributed by atoms with Crippen molar-refractivity contribution in [1.82, 2.24) is 10.2 Å². The Bertz CT molecular complexity index is 493. The Labute approximate surface area is 130 Å². The molecule has 0 radical (unpaired) electrons. The molecule has 0 aliphatic carbocycles. The van der Waals surface area contributed by atoms with Crippen LogP contribution < -0.4 is 10.1 Å². The van der Waals surface area contributed by atoms with E-state index in [0.717, 1.165) is 25.9 Å². The standard InChI is InChI=1S/C16H22N2O4/c19-15(20)13-5-7-14(8-6-13)22-12-9-17-16(21)18-10-3-1-2-4-11-18/h5-8H,1-4,9-12H2,(H,17,21)(H,19,20). The number of urea groups is 1. The van der Waals surface area contributed by atoms with Crippen molar-refractivity contribution in [2.24, 2.45) is 0 Å². The van der Waals surface area contributed by atoms with Crippen LogP contribution in [0.1, 0.15) is 36.0 Å². The van der Waals surface area contributed by atoms with Gasteiger partial charge in [-0.15, -0.1) is 0 Å². The summed E-state index contributed by atoms with van der Waals surface area (Å²) in [6.45, 7) is 2.43. The third kappa shape index (κ3) is 4.95. The number of benzene rings is 1. The summed E-state index contributed by atoms with van der Waals surface area (Å²) in [6.07, 6.45) is 4.53. The Morgan fingerprint density at radius 3 is 2.32 bits per heavy atom. The lowest BCUT2D eigenvalue weighted by atomic mass is 10.2. The first kappa shape index (κ1) is 16.1. The van der Waals surface area contributed by atoms with Gasteiger partial charge in [0.05, 0.1) is 12.1 Å². The van der Waals surface area contributed by atoms with E-state index in [1.54, 1.807) is 12.1 Å². The second-order valence-corrected chi connectivity index (χ2v) is 5.31. The fraction of sp³-hybridized carbons (Fsp3) is 0.500. The summed E-state index contributed by atoms with van der Waals surface area (Å²) < 4.78 is 5.48. The zero-order valence-corrected chi connectivity index (χ0v) is 12.6. The lowest BCUT2D eigenvalue weighted by Crippen LogP contribution is -2.41. The molecule has 1 saturated heterocycles. The topological polar surface area (TPSA) is 78.9 Å². The Hall–Kier alpha value is -2.24. The fourth-order valence-electron chi connectivity index (χ4n) is 2.41. The summed E-state index contributed by atoms with van der Waals surface area (Å²) in [5, 5.41) is 11.6. The lowest BCUT2D eigenvalue weighted by molar-refractivity contribution is 0.0697. The van der Waals surface area contributed by atoms with Gasteiger partial charge in [0.2, 0.25) is 0 Å². The quantitative estimate of drug-likeness (QED) is 0.818. The van der Waals surface area contributed by atoms with Crippen LogP contribution in [0.2, 0.25) is 0 Å². The number of carbonyl (C=O) groups is 2. The number of hydrogen-bond donors (Lipinski definition) is 2. The first-order valence-corrected chi connectivity index (χ1v) is 7.66. The third-order valence-corrected chi connectivity index (χ3v) is 3.64. The summed E-state index contributed by atoms with van der Waals surface area (Å²) in [6, 6.07) is 6.17. The molecule has 0 atom stereocenters. The van der Waals surface area contributed by atoms with Gasteiger partial charge in [0.25, 0.3) is 0 Å². The summed E-state index contributed by atoms with van der Waals surface area (Å²) in [5.74, 6) is -0.370. The van der Waals surface area contributed by atoms with Gasteiger partial charge in [-0.1, -0.05) is 12.8 Å². The normalized spacial score (nSPS) is 15.0. The average molecular weight is 306 g/mol. The highest BCUT2D eigenvalue weighted by Crippen LogP contribution is 2.12. The maximum absolute atomic E-state index is 12.0. The molecular weight excluding hydrogens is 284 g/mol. The Balaban J connectivity index is 1.67. The van der Waals surface area contributed by atoms with E-state index in [1.165, 1.54) is 25.0 Å². The third-order valence-electron chi connectivity index (χ3n) is 3.64. The smallest absolute Gasteiger partial charge is 0.335 e. The minimum Gasteiger partial charge on any atom is -0.492 e. The predicted octanol–water partition coefficient (Wildman–Crippen LogP) is 2.35. The summed E-state index contributed by atoms with van der Waals surface area (Å²) in [7, 11) is 0. The molecule has 1 aliphatic rings. The molecule has 0 spiro atoms. The van der Waals surface area contributed by atoms with Crippen molar-refractivity contribution in [3.05, 3.63) is 29.8 Å². The van der Waals surface area contributed by atoms with Crippen LogP contribution in [0, 0.1) is 0 Å². The molecule has 0 bridgehead atoms. The zero-order chi connectivity index (χ0) is 15.8. The van der Waals surface area contributed by atoms with Crippen molar-refractivity contribution in [1.29, 1.82) is 0 Å². The molecule has 0 aromatic heterocycles. The van der Waals surface area contributed by atoms with Crippen molar-refractivity contribution in [3.8, 4) is 5.75 Å². The number of carbonyl (C=O) groups excluding carboxylic acids is 1. The van der Waals surface area contributed by atoms with E-state index in [4.69, 9.17) is 9.84 Å². The highest BCUT2D eigenvalue weighted by molar-refractivity contribution is 5.87. The van der Waals surface area contributed by atoms with Gasteiger partial charge in [0.15, 0.2) is 0 Å². The van der Waals surface area contributed by atoms with Crippen LogP contribution in [0.5, 0.6) is 5.75 Å². The van der Waals surface area contributed by atoms with Crippen LogP contribution in [-0.2, 0) is 0 Å². The molecule has 2 N–H and O–H groups in total. The summed E-state index contributed by atoms with van der Waals surface area (Å²) >= 11 is 0. The highest BCUT2D eigenvalue weighted by atomic mass is 16.5. The van der Waals surface area contributed by atoms with Crippen molar-refractivity contribution in [2.45, 2.75) is 25.7 Å². The van der Waals surface area contributed by atoms with E-state index in [0.29, 0.717) is 18.9 Å². The van der Waals surface area contributed by atoms with E-state index in [-0.39, 0.29) is 11.6 Å². The van der Waals surface area contributed by atoms with E-state index in [1.807, 2.05) is 4.90 Å². The van der Waals surface area contributed by atoms with Gasteiger partial charge in [0, 0.05) is 13.1 Å². The molecule has 2 amide bonds. The van der Waals surface area contributed by atoms with Gasteiger partial charge in [-0.3, -0.25) is 0 Å². The molecule has 1 heterocycles. The second-order valence-electron chi connectivity index (χ2n) is 5.31. The van der Waals surface area contributed by atoms with Crippen LogP contribution in [0.4, 0.5) is 4.79 Å². The number of carboxylic acid groups (broad SMARTS) is 1. The van der Waals surface area contributed by atoms with E-state index >= 15 is 0 Å². The first-order valence-electron chi connectivity index (χ1n) is 7.66. The number of amides is 2. The largest absolute Gasteiger partial charge is 0.492 e. The van der Waals surface area contributed by atoms with E-state index in [9.17, 15) is 9.59 Å². The van der Waals surface area contributed by atoms with Gasteiger partial charge in [0.1, 0.15) is 12.4 Å². The van der Waals surface area contributed by atoms with Crippen LogP contribution in [0.15, 0.2) is 24.3 Å². The molecule has 1 fully saturated rings. The highest BCUT2D eigenvalue weighted by Gasteiger charge is 2.14. The summed E-state index contributed by atoms with van der Waals surface area (Å²) in [4.78, 5) is 24.6. The number of ether oxygens (including phenoxy) is 1. The monoisotopic (exact) mass is 306 g/mol. The molecule has 6 heteroatoms. The van der Waals surface area contributed by atoms with Crippen molar-refractivity contribution in [3.63, 3.8) is 0 Å². The molecule has 120 valence electrons. The molecule has 1 aliphatic heterocycles. The predicted molar refractivity (Wildman–Crippen MR) is 82.3 cm³/mol. The number of nitrogens with one attached hydrogen (secondary N) is 1. The number of aromatic carboxylic acids is 1. The lowest BCUT2D eigenvalue weighted by Gasteiger charge is -2.20. The first-order chi connectivity index (χ1) is 10.7. The SMILES string of the molecule is O=C(O)c1ccc(OCCNC(=O)N2CCCCCC2)cc1. The van der Waals surface area contributed by atoms with E-state index < -0.39 is 5.97 Å². The summed E-state index contributed by atoms with van der Waals surface area (Å²) in [5.41, 5.74) is 0.224. The number of nitrogens with zero attached hydrogens (tertiary/aromatic N) is 1. The Morgan fingerprint density at radius 2 is 1.73 bits per heavy atom. The van der Waals surface area contributed by atoms with Crippen LogP contribution in [0.3, 0.4) is 0 Å². The van der Waals surface area contributed by atoms with Gasteiger partial charge >= 0.3 is 12.0 Å². The second kappa shape index (κ2) is 8.26. The fourth-order valence-corrected chi connectivity index (χ4v) is 2.41. The molecule has 1 aromatic carbocycles. The number of likely N-dealkylation sites (tertiary alicyclic amines) is 1. The molecule has 1 aromatic rings. The average Bonchev–Trinajstić information content (AvgIpc) is 2.81. The van der Waals surface area contributed by atoms with Crippen LogP contribution in [0.25, 0.3) is 0 Å². The number of rotatable bonds is 5. The molecule has 22 heavy (non-hydrogen) atoms. The molecule has 6 nitrogen and oxygen atoms in total. The molecule has 0 saturated carbocycles. The number of carboxylic acids is 1. The van der Waals surface area contributed by atoms with Gasteiger partial charge in [-0.2, -0.15) is 0 Å². The molecule has 0 unspecified atom stereocenters.